The molecule has 0 saturated carbocycles. The maximum atomic E-state index is 13.1. The number of carbonyl (C=O) groups is 1. The van der Waals surface area contributed by atoms with Crippen molar-refractivity contribution < 1.29 is 9.21 Å². The van der Waals surface area contributed by atoms with Gasteiger partial charge in [0, 0.05) is 16.8 Å². The predicted molar refractivity (Wildman–Crippen MR) is 114 cm³/mol. The molecule has 4 rings (SSSR count). The maximum absolute atomic E-state index is 13.1. The lowest BCUT2D eigenvalue weighted by Crippen LogP contribution is -2.15. The largest absolute Gasteiger partial charge is 0.463 e. The minimum absolute atomic E-state index is 0.0751. The van der Waals surface area contributed by atoms with Crippen LogP contribution in [0.25, 0.3) is 22.5 Å². The van der Waals surface area contributed by atoms with E-state index in [2.05, 4.69) is 36.2 Å². The average molecular weight is 410 g/mol. The Morgan fingerprint density at radius 3 is 2.69 bits per heavy atom. The summed E-state index contributed by atoms with van der Waals surface area (Å²) in [5.74, 6) is 0.352. The van der Waals surface area contributed by atoms with Crippen LogP contribution in [0.5, 0.6) is 0 Å². The summed E-state index contributed by atoms with van der Waals surface area (Å²) < 4.78 is 7.31. The summed E-state index contributed by atoms with van der Waals surface area (Å²) in [6.45, 7) is 10.3. The first-order valence-electron chi connectivity index (χ1n) is 9.43. The van der Waals surface area contributed by atoms with Gasteiger partial charge in [-0.3, -0.25) is 10.1 Å². The van der Waals surface area contributed by atoms with Gasteiger partial charge in [-0.25, -0.2) is 14.6 Å². The number of nitrogens with zero attached hydrogens (tertiary/aromatic N) is 4. The molecule has 0 unspecified atom stereocenters. The topological polar surface area (TPSA) is 85.8 Å². The Bertz CT molecular complexity index is 1170. The van der Waals surface area contributed by atoms with E-state index in [1.807, 2.05) is 25.3 Å². The van der Waals surface area contributed by atoms with Crippen molar-refractivity contribution in [3.63, 3.8) is 0 Å². The number of aromatic nitrogens is 4. The number of hydrogen-bond donors (Lipinski definition) is 1. The zero-order valence-electron chi connectivity index (χ0n) is 17.1. The zero-order chi connectivity index (χ0) is 20.8. The van der Waals surface area contributed by atoms with Crippen molar-refractivity contribution in [3.05, 3.63) is 47.3 Å². The van der Waals surface area contributed by atoms with Crippen molar-refractivity contribution in [2.24, 2.45) is 0 Å². The number of amides is 1. The molecule has 29 heavy (non-hydrogen) atoms. The van der Waals surface area contributed by atoms with Crippen molar-refractivity contribution >= 4 is 33.4 Å². The lowest BCUT2D eigenvalue weighted by atomic mass is 9.93. The number of furan rings is 1. The Kier molecular flexibility index (Phi) is 4.74. The summed E-state index contributed by atoms with van der Waals surface area (Å²) in [5.41, 5.74) is 2.59. The lowest BCUT2D eigenvalue weighted by Gasteiger charge is -2.14. The van der Waals surface area contributed by atoms with Crippen LogP contribution in [0.3, 0.4) is 0 Å². The van der Waals surface area contributed by atoms with Crippen LogP contribution in [0, 0.1) is 0 Å². The molecule has 0 aliphatic rings. The number of fused-ring (bicyclic) bond motifs is 1. The van der Waals surface area contributed by atoms with E-state index in [0.717, 1.165) is 5.69 Å². The lowest BCUT2D eigenvalue weighted by molar-refractivity contribution is 0.102. The molecule has 1 amide bonds. The van der Waals surface area contributed by atoms with Crippen molar-refractivity contribution in [2.45, 2.75) is 46.1 Å². The van der Waals surface area contributed by atoms with Gasteiger partial charge in [-0.15, -0.1) is 11.3 Å². The van der Waals surface area contributed by atoms with Crippen LogP contribution in [0.4, 0.5) is 5.13 Å². The van der Waals surface area contributed by atoms with E-state index in [0.29, 0.717) is 33.2 Å². The van der Waals surface area contributed by atoms with Gasteiger partial charge in [0.1, 0.15) is 5.69 Å². The van der Waals surface area contributed by atoms with Crippen molar-refractivity contribution in [1.82, 2.24) is 19.7 Å². The van der Waals surface area contributed by atoms with E-state index in [1.54, 1.807) is 29.3 Å². The molecule has 0 atom stereocenters. The summed E-state index contributed by atoms with van der Waals surface area (Å²) >= 11 is 1.42. The number of nitrogens with one attached hydrogen (secondary N) is 1. The summed E-state index contributed by atoms with van der Waals surface area (Å²) in [6.07, 6.45) is 3.27. The van der Waals surface area contributed by atoms with Crippen LogP contribution < -0.4 is 5.32 Å². The second kappa shape index (κ2) is 7.11. The first-order valence-corrected chi connectivity index (χ1v) is 10.3. The third-order valence-electron chi connectivity index (χ3n) is 4.57. The molecule has 0 fully saturated rings. The molecule has 0 radical (unpaired) electrons. The highest BCUT2D eigenvalue weighted by Gasteiger charge is 2.22. The Morgan fingerprint density at radius 1 is 1.28 bits per heavy atom. The standard InChI is InChI=1S/C21H23N5O2S/c1-12(2)26-18-14(10-22-26)13(9-15(23-18)16-7-6-8-28-16)19(27)25-20-24-17(11-29-20)21(3,4)5/h6-12H,1-5H3,(H,24,25,27). The van der Waals surface area contributed by atoms with Crippen LogP contribution in [-0.4, -0.2) is 25.7 Å². The Hall–Kier alpha value is -3.00. The zero-order valence-corrected chi connectivity index (χ0v) is 17.9. The van der Waals surface area contributed by atoms with Gasteiger partial charge in [-0.2, -0.15) is 5.10 Å². The number of carbonyl (C=O) groups excluding carboxylic acids is 1. The van der Waals surface area contributed by atoms with E-state index >= 15 is 0 Å². The van der Waals surface area contributed by atoms with Gasteiger partial charge < -0.3 is 4.42 Å². The van der Waals surface area contributed by atoms with Crippen molar-refractivity contribution in [2.75, 3.05) is 5.32 Å². The Balaban J connectivity index is 1.77. The normalized spacial score (nSPS) is 12.1. The van der Waals surface area contributed by atoms with E-state index in [1.165, 1.54) is 11.3 Å². The molecule has 4 heterocycles. The highest BCUT2D eigenvalue weighted by atomic mass is 32.1. The fraction of sp³-hybridized carbons (Fsp3) is 0.333. The highest BCUT2D eigenvalue weighted by Crippen LogP contribution is 2.29. The Morgan fingerprint density at radius 2 is 2.07 bits per heavy atom. The molecule has 1 N–H and O–H groups in total. The smallest absolute Gasteiger partial charge is 0.258 e. The number of anilines is 1. The van der Waals surface area contributed by atoms with E-state index < -0.39 is 0 Å². The first kappa shape index (κ1) is 19.3. The molecule has 4 aromatic heterocycles. The van der Waals surface area contributed by atoms with Gasteiger partial charge in [0.05, 0.1) is 29.1 Å². The number of rotatable bonds is 4. The van der Waals surface area contributed by atoms with Gasteiger partial charge >= 0.3 is 0 Å². The van der Waals surface area contributed by atoms with Crippen LogP contribution in [0.1, 0.15) is 56.7 Å². The summed E-state index contributed by atoms with van der Waals surface area (Å²) in [6, 6.07) is 5.46. The monoisotopic (exact) mass is 409 g/mol. The van der Waals surface area contributed by atoms with Gasteiger partial charge in [-0.05, 0) is 32.0 Å². The highest BCUT2D eigenvalue weighted by molar-refractivity contribution is 7.14. The second-order valence-corrected chi connectivity index (χ2v) is 9.05. The van der Waals surface area contributed by atoms with Gasteiger partial charge in [0.25, 0.3) is 5.91 Å². The molecule has 0 spiro atoms. The molecule has 8 heteroatoms. The average Bonchev–Trinajstić information content (AvgIpc) is 3.39. The number of thiazole rings is 1. The van der Waals surface area contributed by atoms with E-state index in [4.69, 9.17) is 9.40 Å². The minimum atomic E-state index is -0.247. The van der Waals surface area contributed by atoms with Gasteiger partial charge in [-0.1, -0.05) is 20.8 Å². The quantitative estimate of drug-likeness (QED) is 0.496. The van der Waals surface area contributed by atoms with Crippen molar-refractivity contribution in [1.29, 1.82) is 0 Å². The van der Waals surface area contributed by atoms with E-state index in [9.17, 15) is 4.79 Å². The van der Waals surface area contributed by atoms with Crippen LogP contribution in [0.2, 0.25) is 0 Å². The summed E-state index contributed by atoms with van der Waals surface area (Å²) in [7, 11) is 0. The van der Waals surface area contributed by atoms with Crippen LogP contribution >= 0.6 is 11.3 Å². The molecule has 0 bridgehead atoms. The maximum Gasteiger partial charge on any atom is 0.258 e. The van der Waals surface area contributed by atoms with Crippen LogP contribution in [0.15, 0.2) is 40.5 Å². The Labute approximate surface area is 172 Å². The van der Waals surface area contributed by atoms with E-state index in [-0.39, 0.29) is 17.4 Å². The first-order chi connectivity index (χ1) is 13.7. The minimum Gasteiger partial charge on any atom is -0.463 e. The molecule has 150 valence electrons. The summed E-state index contributed by atoms with van der Waals surface area (Å²) in [5, 5.41) is 10.6. The molecular formula is C21H23N5O2S. The molecule has 0 aliphatic carbocycles. The fourth-order valence-electron chi connectivity index (χ4n) is 2.97. The molecule has 0 aromatic carbocycles. The molecular weight excluding hydrogens is 386 g/mol. The molecule has 0 saturated heterocycles. The molecule has 0 aliphatic heterocycles. The molecule has 4 aromatic rings. The van der Waals surface area contributed by atoms with Gasteiger partial charge in [0.2, 0.25) is 0 Å². The fourth-order valence-corrected chi connectivity index (χ4v) is 3.91. The van der Waals surface area contributed by atoms with Gasteiger partial charge in [0.15, 0.2) is 16.5 Å². The third kappa shape index (κ3) is 3.67. The number of pyridine rings is 1. The second-order valence-electron chi connectivity index (χ2n) is 8.19. The summed E-state index contributed by atoms with van der Waals surface area (Å²) in [4.78, 5) is 22.4. The third-order valence-corrected chi connectivity index (χ3v) is 5.32. The molecule has 7 nitrogen and oxygen atoms in total. The van der Waals surface area contributed by atoms with Crippen LogP contribution in [-0.2, 0) is 5.41 Å². The number of hydrogen-bond acceptors (Lipinski definition) is 6. The SMILES string of the molecule is CC(C)n1ncc2c(C(=O)Nc3nc(C(C)(C)C)cs3)cc(-c3ccco3)nc21. The predicted octanol–water partition coefficient (Wildman–Crippen LogP) is 5.28. The van der Waals surface area contributed by atoms with Crippen molar-refractivity contribution in [3.8, 4) is 11.5 Å².